The second kappa shape index (κ2) is 4.34. The van der Waals surface area contributed by atoms with Gasteiger partial charge in [0.2, 0.25) is 0 Å². The van der Waals surface area contributed by atoms with Gasteiger partial charge in [-0.3, -0.25) is 4.98 Å². The van der Waals surface area contributed by atoms with Crippen LogP contribution < -0.4 is 11.3 Å². The third-order valence-electron chi connectivity index (χ3n) is 2.41. The number of nitrogens with one attached hydrogen (secondary N) is 1. The first kappa shape index (κ1) is 9.36. The molecule has 5 heteroatoms. The molecule has 1 aliphatic rings. The molecule has 3 N–H and O–H groups in total. The van der Waals surface area contributed by atoms with Gasteiger partial charge in [-0.2, -0.15) is 0 Å². The fourth-order valence-corrected chi connectivity index (χ4v) is 1.72. The highest BCUT2D eigenvalue weighted by Gasteiger charge is 2.20. The normalized spacial score (nSPS) is 21.9. The van der Waals surface area contributed by atoms with Gasteiger partial charge in [-0.1, -0.05) is 0 Å². The van der Waals surface area contributed by atoms with E-state index in [2.05, 4.69) is 15.4 Å². The van der Waals surface area contributed by atoms with Gasteiger partial charge in [0, 0.05) is 24.9 Å². The van der Waals surface area contributed by atoms with Crippen LogP contribution in [0.4, 0.5) is 5.82 Å². The largest absolute Gasteiger partial charge is 0.381 e. The Labute approximate surface area is 82.7 Å². The predicted molar refractivity (Wildman–Crippen MR) is 52.6 cm³/mol. The summed E-state index contributed by atoms with van der Waals surface area (Å²) < 4.78 is 5.40. The summed E-state index contributed by atoms with van der Waals surface area (Å²) in [4.78, 5) is 8.41. The molecule has 0 aromatic carbocycles. The van der Waals surface area contributed by atoms with Crippen molar-refractivity contribution in [3.05, 3.63) is 18.1 Å². The third-order valence-corrected chi connectivity index (χ3v) is 2.41. The summed E-state index contributed by atoms with van der Waals surface area (Å²) in [6.45, 7) is 1.57. The average Bonchev–Trinajstić information content (AvgIpc) is 2.30. The molecular formula is C9H14N4O. The molecule has 2 rings (SSSR count). The van der Waals surface area contributed by atoms with Gasteiger partial charge in [0.15, 0.2) is 5.82 Å². The van der Waals surface area contributed by atoms with Gasteiger partial charge in [0.1, 0.15) is 0 Å². The Balaban J connectivity index is 2.20. The molecule has 5 nitrogen and oxygen atoms in total. The minimum absolute atomic E-state index is 0.323. The number of aromatic nitrogens is 2. The standard InChI is InChI=1S/C9H14N4O/c10-13-9-8(11-3-4-12-9)7-2-1-5-14-6-7/h3-4,7H,1-2,5-6,10H2,(H,12,13). The molecule has 1 unspecified atom stereocenters. The lowest BCUT2D eigenvalue weighted by atomic mass is 9.98. The van der Waals surface area contributed by atoms with E-state index in [4.69, 9.17) is 10.6 Å². The Kier molecular flexibility index (Phi) is 2.90. The second-order valence-electron chi connectivity index (χ2n) is 3.35. The van der Waals surface area contributed by atoms with E-state index in [1.54, 1.807) is 12.4 Å². The van der Waals surface area contributed by atoms with Crippen LogP contribution in [0.2, 0.25) is 0 Å². The maximum absolute atomic E-state index is 5.40. The molecule has 1 aliphatic heterocycles. The van der Waals surface area contributed by atoms with E-state index < -0.39 is 0 Å². The van der Waals surface area contributed by atoms with Crippen LogP contribution in [-0.2, 0) is 4.74 Å². The molecule has 0 aliphatic carbocycles. The van der Waals surface area contributed by atoms with Gasteiger partial charge in [0.05, 0.1) is 12.3 Å². The molecule has 14 heavy (non-hydrogen) atoms. The zero-order chi connectivity index (χ0) is 9.80. The Morgan fingerprint density at radius 3 is 3.00 bits per heavy atom. The average molecular weight is 194 g/mol. The Bertz CT molecular complexity index is 299. The molecule has 1 atom stereocenters. The van der Waals surface area contributed by atoms with Crippen LogP contribution in [0, 0.1) is 0 Å². The lowest BCUT2D eigenvalue weighted by Crippen LogP contribution is -2.20. The molecule has 0 radical (unpaired) electrons. The van der Waals surface area contributed by atoms with Crippen LogP contribution in [0.5, 0.6) is 0 Å². The van der Waals surface area contributed by atoms with Gasteiger partial charge in [-0.25, -0.2) is 10.8 Å². The number of hydrazine groups is 1. The summed E-state index contributed by atoms with van der Waals surface area (Å²) in [6.07, 6.45) is 5.48. The highest BCUT2D eigenvalue weighted by molar-refractivity contribution is 5.40. The topological polar surface area (TPSA) is 73.1 Å². The first-order valence-electron chi connectivity index (χ1n) is 4.77. The number of hydrogen-bond acceptors (Lipinski definition) is 5. The summed E-state index contributed by atoms with van der Waals surface area (Å²) in [6, 6.07) is 0. The highest BCUT2D eigenvalue weighted by atomic mass is 16.5. The Morgan fingerprint density at radius 2 is 2.29 bits per heavy atom. The molecule has 0 spiro atoms. The second-order valence-corrected chi connectivity index (χ2v) is 3.35. The minimum Gasteiger partial charge on any atom is -0.381 e. The molecule has 0 saturated carbocycles. The third kappa shape index (κ3) is 1.83. The van der Waals surface area contributed by atoms with Crippen molar-refractivity contribution in [2.24, 2.45) is 5.84 Å². The summed E-state index contributed by atoms with van der Waals surface area (Å²) in [5.74, 6) is 6.34. The van der Waals surface area contributed by atoms with E-state index in [-0.39, 0.29) is 0 Å². The zero-order valence-corrected chi connectivity index (χ0v) is 7.94. The Hall–Kier alpha value is -1.20. The number of nitrogens with zero attached hydrogens (tertiary/aromatic N) is 2. The van der Waals surface area contributed by atoms with Crippen LogP contribution in [0.15, 0.2) is 12.4 Å². The highest BCUT2D eigenvalue weighted by Crippen LogP contribution is 2.27. The first-order chi connectivity index (χ1) is 6.92. The van der Waals surface area contributed by atoms with Gasteiger partial charge < -0.3 is 10.2 Å². The molecule has 76 valence electrons. The fraction of sp³-hybridized carbons (Fsp3) is 0.556. The fourth-order valence-electron chi connectivity index (χ4n) is 1.72. The van der Waals surface area contributed by atoms with Crippen molar-refractivity contribution < 1.29 is 4.74 Å². The van der Waals surface area contributed by atoms with E-state index >= 15 is 0 Å². The molecule has 0 amide bonds. The molecule has 2 heterocycles. The lowest BCUT2D eigenvalue weighted by molar-refractivity contribution is 0.0794. The summed E-state index contributed by atoms with van der Waals surface area (Å²) in [5, 5.41) is 0. The smallest absolute Gasteiger partial charge is 0.162 e. The van der Waals surface area contributed by atoms with E-state index in [9.17, 15) is 0 Å². The molecule has 0 bridgehead atoms. The first-order valence-corrected chi connectivity index (χ1v) is 4.77. The molecular weight excluding hydrogens is 180 g/mol. The summed E-state index contributed by atoms with van der Waals surface area (Å²) >= 11 is 0. The van der Waals surface area contributed by atoms with Crippen molar-refractivity contribution in [2.75, 3.05) is 18.6 Å². The number of ether oxygens (including phenoxy) is 1. The van der Waals surface area contributed by atoms with Crippen molar-refractivity contribution in [1.29, 1.82) is 0 Å². The van der Waals surface area contributed by atoms with Crippen molar-refractivity contribution in [1.82, 2.24) is 9.97 Å². The molecule has 1 aromatic rings. The number of anilines is 1. The minimum atomic E-state index is 0.323. The molecule has 1 aromatic heterocycles. The van der Waals surface area contributed by atoms with Crippen LogP contribution in [0.25, 0.3) is 0 Å². The number of nitrogens with two attached hydrogens (primary N) is 1. The predicted octanol–water partition coefficient (Wildman–Crippen LogP) is 0.656. The van der Waals surface area contributed by atoms with Crippen LogP contribution in [0.1, 0.15) is 24.5 Å². The maximum Gasteiger partial charge on any atom is 0.162 e. The number of hydrogen-bond donors (Lipinski definition) is 2. The summed E-state index contributed by atoms with van der Waals surface area (Å²) in [5.41, 5.74) is 3.48. The van der Waals surface area contributed by atoms with E-state index in [1.807, 2.05) is 0 Å². The summed E-state index contributed by atoms with van der Waals surface area (Å²) in [7, 11) is 0. The van der Waals surface area contributed by atoms with Crippen molar-refractivity contribution in [2.45, 2.75) is 18.8 Å². The molecule has 1 fully saturated rings. The Morgan fingerprint density at radius 1 is 1.43 bits per heavy atom. The van der Waals surface area contributed by atoms with Crippen molar-refractivity contribution in [3.8, 4) is 0 Å². The van der Waals surface area contributed by atoms with E-state index in [0.717, 1.165) is 25.1 Å². The SMILES string of the molecule is NNc1nccnc1C1CCCOC1. The monoisotopic (exact) mass is 194 g/mol. The van der Waals surface area contributed by atoms with Crippen LogP contribution in [-0.4, -0.2) is 23.2 Å². The number of nitrogen functional groups attached to an aromatic ring is 1. The van der Waals surface area contributed by atoms with Gasteiger partial charge >= 0.3 is 0 Å². The van der Waals surface area contributed by atoms with Crippen LogP contribution >= 0.6 is 0 Å². The van der Waals surface area contributed by atoms with E-state index in [0.29, 0.717) is 18.3 Å². The van der Waals surface area contributed by atoms with Crippen molar-refractivity contribution >= 4 is 5.82 Å². The van der Waals surface area contributed by atoms with Gasteiger partial charge in [-0.15, -0.1) is 0 Å². The van der Waals surface area contributed by atoms with E-state index in [1.165, 1.54) is 0 Å². The van der Waals surface area contributed by atoms with Gasteiger partial charge in [-0.05, 0) is 12.8 Å². The van der Waals surface area contributed by atoms with Crippen molar-refractivity contribution in [3.63, 3.8) is 0 Å². The van der Waals surface area contributed by atoms with Gasteiger partial charge in [0.25, 0.3) is 0 Å². The maximum atomic E-state index is 5.40. The zero-order valence-electron chi connectivity index (χ0n) is 7.94. The number of rotatable bonds is 2. The van der Waals surface area contributed by atoms with Crippen LogP contribution in [0.3, 0.4) is 0 Å². The molecule has 1 saturated heterocycles. The quantitative estimate of drug-likeness (QED) is 0.534. The lowest BCUT2D eigenvalue weighted by Gasteiger charge is -2.22.